The number of benzene rings is 3. The summed E-state index contributed by atoms with van der Waals surface area (Å²) < 4.78 is 13.8. The minimum Gasteiger partial charge on any atom is -0.399 e. The van der Waals surface area contributed by atoms with Crippen molar-refractivity contribution < 1.29 is 4.39 Å². The zero-order valence-corrected chi connectivity index (χ0v) is 24.0. The van der Waals surface area contributed by atoms with E-state index in [1.807, 2.05) is 32.0 Å². The van der Waals surface area contributed by atoms with E-state index in [0.717, 1.165) is 18.7 Å². The van der Waals surface area contributed by atoms with Crippen LogP contribution in [0.3, 0.4) is 0 Å². The van der Waals surface area contributed by atoms with Crippen molar-refractivity contribution >= 4 is 51.2 Å². The number of hydrogen-bond acceptors (Lipinski definition) is 8. The van der Waals surface area contributed by atoms with Gasteiger partial charge in [0, 0.05) is 48.3 Å². The van der Waals surface area contributed by atoms with Crippen molar-refractivity contribution in [3.8, 4) is 6.07 Å². The van der Waals surface area contributed by atoms with Crippen molar-refractivity contribution in [2.45, 2.75) is 39.0 Å². The largest absolute Gasteiger partial charge is 0.399 e. The van der Waals surface area contributed by atoms with E-state index < -0.39 is 11.9 Å². The van der Waals surface area contributed by atoms with Gasteiger partial charge in [-0.05, 0) is 60.9 Å². The lowest BCUT2D eigenvalue weighted by Crippen LogP contribution is -2.34. The number of aromatic nitrogens is 1. The van der Waals surface area contributed by atoms with Crippen molar-refractivity contribution in [2.24, 2.45) is 11.6 Å². The number of nitrogens with zero attached hydrogens (tertiary/aromatic N) is 3. The Kier molecular flexibility index (Phi) is 8.20. The van der Waals surface area contributed by atoms with Gasteiger partial charge < -0.3 is 26.7 Å². The highest BCUT2D eigenvalue weighted by Gasteiger charge is 2.24. The van der Waals surface area contributed by atoms with Crippen LogP contribution in [0, 0.1) is 17.1 Å². The van der Waals surface area contributed by atoms with Crippen molar-refractivity contribution in [1.29, 1.82) is 5.26 Å². The minimum absolute atomic E-state index is 0.0385. The zero-order chi connectivity index (χ0) is 29.3. The summed E-state index contributed by atoms with van der Waals surface area (Å²) in [5.74, 6) is 5.68. The first-order valence-corrected chi connectivity index (χ1v) is 13.7. The van der Waals surface area contributed by atoms with Gasteiger partial charge in [0.15, 0.2) is 0 Å². The highest BCUT2D eigenvalue weighted by Crippen LogP contribution is 2.38. The van der Waals surface area contributed by atoms with Crippen LogP contribution in [0.1, 0.15) is 42.1 Å². The predicted molar refractivity (Wildman–Crippen MR) is 163 cm³/mol. The maximum atomic E-state index is 13.8. The Bertz CT molecular complexity index is 1700. The Hall–Kier alpha value is -4.07. The van der Waals surface area contributed by atoms with E-state index >= 15 is 0 Å². The van der Waals surface area contributed by atoms with Gasteiger partial charge in [-0.1, -0.05) is 41.4 Å². The average molecular weight is 592 g/mol. The van der Waals surface area contributed by atoms with Gasteiger partial charge in [0.25, 0.3) is 0 Å². The maximum absolute atomic E-state index is 13.8. The van der Waals surface area contributed by atoms with Crippen LogP contribution >= 0.6 is 23.2 Å². The number of rotatable bonds is 8. The molecular formula is C30H29Cl2FN8. The average Bonchev–Trinajstić information content (AvgIpc) is 3.43. The highest BCUT2D eigenvalue weighted by molar-refractivity contribution is 6.36. The molecule has 1 atom stereocenters. The summed E-state index contributed by atoms with van der Waals surface area (Å²) in [6, 6.07) is 15.8. The number of pyridine rings is 1. The molecule has 0 bridgehead atoms. The minimum atomic E-state index is -0.542. The molecule has 11 heteroatoms. The number of nitriles is 1. The van der Waals surface area contributed by atoms with Gasteiger partial charge in [-0.25, -0.2) is 10.2 Å². The topological polar surface area (TPSA) is 128 Å². The molecule has 0 amide bonds. The molecule has 1 aromatic heterocycles. The van der Waals surface area contributed by atoms with Gasteiger partial charge in [0.05, 0.1) is 38.6 Å². The smallest absolute Gasteiger partial charge is 0.141 e. The Balaban J connectivity index is 1.62. The number of hydrogen-bond donors (Lipinski definition) is 5. The molecule has 0 saturated heterocycles. The second-order valence-electron chi connectivity index (χ2n) is 10.1. The molecule has 41 heavy (non-hydrogen) atoms. The SMILES string of the molecule is CC(C)N(N)/C=C(\N)C(Nc1cc(Cl)c2ncc(C#N)c(Nc3ccc(F)c(Cl)c3)c2c1)c1cccc2c1CNC2. The second-order valence-corrected chi connectivity index (χ2v) is 10.9. The number of hydrazine groups is 1. The molecule has 7 N–H and O–H groups in total. The Morgan fingerprint density at radius 2 is 1.93 bits per heavy atom. The molecule has 0 radical (unpaired) electrons. The van der Waals surface area contributed by atoms with Gasteiger partial charge in [0.2, 0.25) is 0 Å². The number of fused-ring (bicyclic) bond motifs is 2. The molecule has 0 spiro atoms. The number of nitrogens with two attached hydrogens (primary N) is 2. The number of halogens is 3. The van der Waals surface area contributed by atoms with Crippen LogP contribution in [0.2, 0.25) is 10.0 Å². The third-order valence-electron chi connectivity index (χ3n) is 7.01. The molecule has 3 aromatic carbocycles. The lowest BCUT2D eigenvalue weighted by atomic mass is 9.95. The Morgan fingerprint density at radius 3 is 2.66 bits per heavy atom. The van der Waals surface area contributed by atoms with E-state index in [9.17, 15) is 9.65 Å². The first-order chi connectivity index (χ1) is 19.7. The molecule has 210 valence electrons. The summed E-state index contributed by atoms with van der Waals surface area (Å²) in [5.41, 5.74) is 13.0. The molecule has 0 aliphatic carbocycles. The van der Waals surface area contributed by atoms with Crippen molar-refractivity contribution in [3.63, 3.8) is 0 Å². The zero-order valence-electron chi connectivity index (χ0n) is 22.5. The lowest BCUT2D eigenvalue weighted by Gasteiger charge is -2.26. The van der Waals surface area contributed by atoms with Crippen LogP contribution in [-0.4, -0.2) is 16.0 Å². The van der Waals surface area contributed by atoms with Crippen LogP contribution < -0.4 is 27.5 Å². The molecule has 1 aliphatic heterocycles. The summed E-state index contributed by atoms with van der Waals surface area (Å²) in [6.45, 7) is 5.45. The molecule has 4 aromatic rings. The number of anilines is 3. The van der Waals surface area contributed by atoms with Gasteiger partial charge >= 0.3 is 0 Å². The Labute approximate surface area is 247 Å². The molecule has 1 aliphatic rings. The quantitative estimate of drug-likeness (QED) is 0.117. The summed E-state index contributed by atoms with van der Waals surface area (Å²) in [4.78, 5) is 4.43. The highest BCUT2D eigenvalue weighted by atomic mass is 35.5. The predicted octanol–water partition coefficient (Wildman–Crippen LogP) is 6.44. The number of nitrogens with one attached hydrogen (secondary N) is 3. The van der Waals surface area contributed by atoms with Gasteiger partial charge in [0.1, 0.15) is 11.9 Å². The summed E-state index contributed by atoms with van der Waals surface area (Å²) in [6.07, 6.45) is 3.17. The molecule has 1 unspecified atom stereocenters. The van der Waals surface area contributed by atoms with E-state index in [1.165, 1.54) is 35.5 Å². The van der Waals surface area contributed by atoms with Crippen LogP contribution in [0.5, 0.6) is 0 Å². The van der Waals surface area contributed by atoms with E-state index in [0.29, 0.717) is 38.7 Å². The third-order valence-corrected chi connectivity index (χ3v) is 7.59. The molecule has 8 nitrogen and oxygen atoms in total. The van der Waals surface area contributed by atoms with Crippen LogP contribution in [0.25, 0.3) is 10.9 Å². The van der Waals surface area contributed by atoms with Crippen molar-refractivity contribution in [1.82, 2.24) is 15.3 Å². The molecule has 0 fully saturated rings. The summed E-state index contributed by atoms with van der Waals surface area (Å²) in [7, 11) is 0. The van der Waals surface area contributed by atoms with Crippen LogP contribution in [0.4, 0.5) is 21.5 Å². The molecule has 5 rings (SSSR count). The summed E-state index contributed by atoms with van der Waals surface area (Å²) >= 11 is 12.7. The van der Waals surface area contributed by atoms with E-state index in [1.54, 1.807) is 17.3 Å². The molecule has 0 saturated carbocycles. The Morgan fingerprint density at radius 1 is 1.15 bits per heavy atom. The fourth-order valence-corrected chi connectivity index (χ4v) is 5.26. The standard InChI is InChI=1S/C30H29Cl2FN8/c1-16(2)41(36)15-27(35)30(21-5-3-4-17-12-37-14-23(17)21)40-20-8-22-28(39-19-6-7-26(33)24(31)9-19)18(11-34)13-38-29(22)25(32)10-20/h3-10,13,15-16,30,37,40H,12,14,35-36H2,1-2H3,(H,38,39)/b27-15-. The molecular weight excluding hydrogens is 562 g/mol. The maximum Gasteiger partial charge on any atom is 0.141 e. The first-order valence-electron chi connectivity index (χ1n) is 13.0. The fraction of sp³-hybridized carbons (Fsp3) is 0.200. The van der Waals surface area contributed by atoms with Crippen LogP contribution in [-0.2, 0) is 13.1 Å². The second kappa shape index (κ2) is 11.8. The van der Waals surface area contributed by atoms with Gasteiger partial charge in [-0.15, -0.1) is 0 Å². The van der Waals surface area contributed by atoms with Crippen molar-refractivity contribution in [3.05, 3.63) is 105 Å². The van der Waals surface area contributed by atoms with Crippen LogP contribution in [0.15, 0.2) is 66.6 Å². The van der Waals surface area contributed by atoms with E-state index in [4.69, 9.17) is 34.8 Å². The normalized spacial score (nSPS) is 13.7. The van der Waals surface area contributed by atoms with E-state index in [-0.39, 0.29) is 16.6 Å². The third kappa shape index (κ3) is 5.87. The van der Waals surface area contributed by atoms with E-state index in [2.05, 4.69) is 33.1 Å². The van der Waals surface area contributed by atoms with Gasteiger partial charge in [-0.3, -0.25) is 4.98 Å². The lowest BCUT2D eigenvalue weighted by molar-refractivity contribution is 0.319. The monoisotopic (exact) mass is 590 g/mol. The first kappa shape index (κ1) is 28.5. The fourth-order valence-electron chi connectivity index (χ4n) is 4.81. The van der Waals surface area contributed by atoms with Gasteiger partial charge in [-0.2, -0.15) is 5.26 Å². The van der Waals surface area contributed by atoms with Crippen molar-refractivity contribution in [2.75, 3.05) is 10.6 Å². The molecule has 2 heterocycles. The summed E-state index contributed by atoms with van der Waals surface area (Å²) in [5, 5.41) is 22.5.